The molecular formula is C16H25FN2. The number of anilines is 1. The Balaban J connectivity index is 2.01. The van der Waals surface area contributed by atoms with E-state index in [0.717, 1.165) is 31.7 Å². The van der Waals surface area contributed by atoms with Crippen molar-refractivity contribution in [1.82, 2.24) is 5.32 Å². The Hall–Kier alpha value is -1.09. The van der Waals surface area contributed by atoms with Crippen LogP contribution < -0.4 is 10.2 Å². The minimum atomic E-state index is -0.130. The molecule has 1 aromatic carbocycles. The molecule has 1 aliphatic heterocycles. The smallest absolute Gasteiger partial charge is 0.125 e. The van der Waals surface area contributed by atoms with Gasteiger partial charge in [-0.05, 0) is 56.5 Å². The van der Waals surface area contributed by atoms with Gasteiger partial charge in [-0.1, -0.05) is 19.9 Å². The zero-order valence-electron chi connectivity index (χ0n) is 12.2. The van der Waals surface area contributed by atoms with Gasteiger partial charge in [0, 0.05) is 18.3 Å². The Morgan fingerprint density at radius 1 is 1.37 bits per heavy atom. The van der Waals surface area contributed by atoms with Crippen LogP contribution in [-0.2, 0) is 6.42 Å². The van der Waals surface area contributed by atoms with Crippen LogP contribution in [0.2, 0.25) is 0 Å². The average molecular weight is 264 g/mol. The SMILES string of the molecule is CCCNCC(C)C(C)N1CCc2ccc(F)cc21. The van der Waals surface area contributed by atoms with Gasteiger partial charge >= 0.3 is 0 Å². The van der Waals surface area contributed by atoms with Crippen molar-refractivity contribution in [2.45, 2.75) is 39.7 Å². The first-order valence-corrected chi connectivity index (χ1v) is 7.39. The fraction of sp³-hybridized carbons (Fsp3) is 0.625. The van der Waals surface area contributed by atoms with Gasteiger partial charge in [-0.15, -0.1) is 0 Å². The predicted molar refractivity (Wildman–Crippen MR) is 79.2 cm³/mol. The van der Waals surface area contributed by atoms with E-state index in [1.807, 2.05) is 6.07 Å². The van der Waals surface area contributed by atoms with Crippen molar-refractivity contribution >= 4 is 5.69 Å². The van der Waals surface area contributed by atoms with Crippen molar-refractivity contribution in [3.8, 4) is 0 Å². The summed E-state index contributed by atoms with van der Waals surface area (Å²) in [5, 5.41) is 3.47. The Bertz CT molecular complexity index is 419. The number of nitrogens with zero attached hydrogens (tertiary/aromatic N) is 1. The average Bonchev–Trinajstić information content (AvgIpc) is 2.80. The van der Waals surface area contributed by atoms with Gasteiger partial charge in [0.2, 0.25) is 0 Å². The van der Waals surface area contributed by atoms with Crippen molar-refractivity contribution in [3.63, 3.8) is 0 Å². The lowest BCUT2D eigenvalue weighted by molar-refractivity contribution is 0.426. The highest BCUT2D eigenvalue weighted by Crippen LogP contribution is 2.31. The van der Waals surface area contributed by atoms with Gasteiger partial charge in [0.25, 0.3) is 0 Å². The van der Waals surface area contributed by atoms with E-state index in [4.69, 9.17) is 0 Å². The fourth-order valence-electron chi connectivity index (χ4n) is 2.78. The zero-order valence-corrected chi connectivity index (χ0v) is 12.2. The van der Waals surface area contributed by atoms with E-state index in [1.54, 1.807) is 12.1 Å². The van der Waals surface area contributed by atoms with Gasteiger partial charge in [-0.2, -0.15) is 0 Å². The highest BCUT2D eigenvalue weighted by atomic mass is 19.1. The van der Waals surface area contributed by atoms with E-state index >= 15 is 0 Å². The van der Waals surface area contributed by atoms with Crippen LogP contribution in [0.1, 0.15) is 32.8 Å². The number of halogens is 1. The van der Waals surface area contributed by atoms with Crippen molar-refractivity contribution in [2.75, 3.05) is 24.5 Å². The maximum atomic E-state index is 13.4. The molecule has 0 bridgehead atoms. The van der Waals surface area contributed by atoms with E-state index in [9.17, 15) is 4.39 Å². The third-order valence-electron chi connectivity index (χ3n) is 4.19. The van der Waals surface area contributed by atoms with Crippen LogP contribution in [0.4, 0.5) is 10.1 Å². The summed E-state index contributed by atoms with van der Waals surface area (Å²) in [5.41, 5.74) is 2.37. The molecule has 0 fully saturated rings. The topological polar surface area (TPSA) is 15.3 Å². The minimum absolute atomic E-state index is 0.130. The lowest BCUT2D eigenvalue weighted by Gasteiger charge is -2.32. The molecular weight excluding hydrogens is 239 g/mol. The normalized spacial score (nSPS) is 17.4. The second-order valence-electron chi connectivity index (χ2n) is 5.64. The van der Waals surface area contributed by atoms with E-state index in [0.29, 0.717) is 12.0 Å². The molecule has 106 valence electrons. The molecule has 0 saturated carbocycles. The number of benzene rings is 1. The summed E-state index contributed by atoms with van der Waals surface area (Å²) in [6.07, 6.45) is 2.20. The number of rotatable bonds is 6. The number of fused-ring (bicyclic) bond motifs is 1. The second kappa shape index (κ2) is 6.38. The van der Waals surface area contributed by atoms with Gasteiger partial charge in [-0.3, -0.25) is 0 Å². The molecule has 1 heterocycles. The first-order valence-electron chi connectivity index (χ1n) is 7.39. The van der Waals surface area contributed by atoms with Crippen molar-refractivity contribution in [2.24, 2.45) is 5.92 Å². The molecule has 0 spiro atoms. The van der Waals surface area contributed by atoms with E-state index in [-0.39, 0.29) is 5.82 Å². The first kappa shape index (κ1) is 14.3. The van der Waals surface area contributed by atoms with Gasteiger partial charge in [0.1, 0.15) is 5.82 Å². The highest BCUT2D eigenvalue weighted by molar-refractivity contribution is 5.58. The van der Waals surface area contributed by atoms with Crippen molar-refractivity contribution in [3.05, 3.63) is 29.6 Å². The highest BCUT2D eigenvalue weighted by Gasteiger charge is 2.26. The van der Waals surface area contributed by atoms with Gasteiger partial charge in [-0.25, -0.2) is 4.39 Å². The van der Waals surface area contributed by atoms with Crippen LogP contribution in [0.5, 0.6) is 0 Å². The summed E-state index contributed by atoms with van der Waals surface area (Å²) in [4.78, 5) is 2.36. The molecule has 19 heavy (non-hydrogen) atoms. The summed E-state index contributed by atoms with van der Waals surface area (Å²) < 4.78 is 13.4. The molecule has 0 radical (unpaired) electrons. The summed E-state index contributed by atoms with van der Waals surface area (Å²) in [7, 11) is 0. The number of hydrogen-bond acceptors (Lipinski definition) is 2. The van der Waals surface area contributed by atoms with Crippen LogP contribution in [-0.4, -0.2) is 25.7 Å². The minimum Gasteiger partial charge on any atom is -0.368 e. The lowest BCUT2D eigenvalue weighted by atomic mass is 10.0. The molecule has 0 aromatic heterocycles. The molecule has 1 aromatic rings. The third kappa shape index (κ3) is 3.27. The standard InChI is InChI=1S/C16H25FN2/c1-4-8-18-11-12(2)13(3)19-9-7-14-5-6-15(17)10-16(14)19/h5-6,10,12-13,18H,4,7-9,11H2,1-3H3. The molecule has 1 aliphatic rings. The zero-order chi connectivity index (χ0) is 13.8. The van der Waals surface area contributed by atoms with Gasteiger partial charge in [0.15, 0.2) is 0 Å². The molecule has 0 aliphatic carbocycles. The Morgan fingerprint density at radius 3 is 2.89 bits per heavy atom. The first-order chi connectivity index (χ1) is 9.13. The van der Waals surface area contributed by atoms with Crippen LogP contribution in [0.3, 0.4) is 0 Å². The molecule has 2 rings (SSSR count). The summed E-state index contributed by atoms with van der Waals surface area (Å²) >= 11 is 0. The number of nitrogens with one attached hydrogen (secondary N) is 1. The Kier molecular flexibility index (Phi) is 4.81. The van der Waals surface area contributed by atoms with E-state index in [2.05, 4.69) is 31.0 Å². The van der Waals surface area contributed by atoms with Gasteiger partial charge < -0.3 is 10.2 Å². The molecule has 2 atom stereocenters. The second-order valence-corrected chi connectivity index (χ2v) is 5.64. The molecule has 1 N–H and O–H groups in total. The van der Waals surface area contributed by atoms with Crippen LogP contribution >= 0.6 is 0 Å². The van der Waals surface area contributed by atoms with Crippen LogP contribution in [0.25, 0.3) is 0 Å². The summed E-state index contributed by atoms with van der Waals surface area (Å²) in [6, 6.07) is 5.62. The fourth-order valence-corrected chi connectivity index (χ4v) is 2.78. The molecule has 2 nitrogen and oxygen atoms in total. The van der Waals surface area contributed by atoms with E-state index < -0.39 is 0 Å². The third-order valence-corrected chi connectivity index (χ3v) is 4.19. The van der Waals surface area contributed by atoms with E-state index in [1.165, 1.54) is 12.0 Å². The van der Waals surface area contributed by atoms with Crippen LogP contribution in [0, 0.1) is 11.7 Å². The molecule has 0 amide bonds. The molecule has 0 saturated heterocycles. The number of hydrogen-bond donors (Lipinski definition) is 1. The maximum absolute atomic E-state index is 13.4. The summed E-state index contributed by atoms with van der Waals surface area (Å²) in [5.74, 6) is 0.426. The monoisotopic (exact) mass is 264 g/mol. The Morgan fingerprint density at radius 2 is 2.16 bits per heavy atom. The molecule has 3 heteroatoms. The maximum Gasteiger partial charge on any atom is 0.125 e. The summed E-state index contributed by atoms with van der Waals surface area (Å²) in [6.45, 7) is 9.81. The lowest BCUT2D eigenvalue weighted by Crippen LogP contribution is -2.40. The van der Waals surface area contributed by atoms with Crippen LogP contribution in [0.15, 0.2) is 18.2 Å². The quantitative estimate of drug-likeness (QED) is 0.794. The molecule has 2 unspecified atom stereocenters. The van der Waals surface area contributed by atoms with Crippen molar-refractivity contribution < 1.29 is 4.39 Å². The predicted octanol–water partition coefficient (Wildman–Crippen LogP) is 3.21. The van der Waals surface area contributed by atoms with Gasteiger partial charge in [0.05, 0.1) is 0 Å². The van der Waals surface area contributed by atoms with Crippen molar-refractivity contribution in [1.29, 1.82) is 0 Å². The largest absolute Gasteiger partial charge is 0.368 e. The Labute approximate surface area is 116 Å².